The summed E-state index contributed by atoms with van der Waals surface area (Å²) in [5, 5.41) is 25.7. The number of amides is 2. The first-order valence-corrected chi connectivity index (χ1v) is 12.9. The van der Waals surface area contributed by atoms with Crippen LogP contribution in [0.2, 0.25) is 0 Å². The highest BCUT2D eigenvalue weighted by Crippen LogP contribution is 2.26. The van der Waals surface area contributed by atoms with E-state index in [2.05, 4.69) is 16.7 Å². The van der Waals surface area contributed by atoms with E-state index in [1.54, 1.807) is 30.3 Å². The molecule has 5 rings (SSSR count). The number of hydrogen-bond donors (Lipinski definition) is 3. The zero-order chi connectivity index (χ0) is 25.8. The van der Waals surface area contributed by atoms with Crippen LogP contribution in [0.4, 0.5) is 0 Å². The fourth-order valence-electron chi connectivity index (χ4n) is 5.38. The van der Waals surface area contributed by atoms with Crippen molar-refractivity contribution in [3.05, 3.63) is 65.2 Å². The number of nitriles is 1. The SMILES string of the molecule is N#Cc1ccc(CN2C[C@@H]3C[C@H]2C(=O)NC[C@H]2O[C@H](CCOc4ccccc4C(=O)N3)CC[C@@H]2O)cc1. The molecule has 3 N–H and O–H groups in total. The van der Waals surface area contributed by atoms with Gasteiger partial charge >= 0.3 is 0 Å². The molecular formula is C28H32N4O5. The third-order valence-electron chi connectivity index (χ3n) is 7.40. The van der Waals surface area contributed by atoms with Crippen LogP contribution >= 0.6 is 0 Å². The van der Waals surface area contributed by atoms with Crippen LogP contribution in [0.5, 0.6) is 5.75 Å². The minimum atomic E-state index is -0.637. The molecule has 2 saturated heterocycles. The molecule has 3 aliphatic heterocycles. The largest absolute Gasteiger partial charge is 0.493 e. The highest BCUT2D eigenvalue weighted by molar-refractivity contribution is 5.97. The Balaban J connectivity index is 1.39. The first-order valence-electron chi connectivity index (χ1n) is 12.9. The molecule has 194 valence electrons. The van der Waals surface area contributed by atoms with Gasteiger partial charge in [-0.2, -0.15) is 5.26 Å². The minimum Gasteiger partial charge on any atom is -0.493 e. The molecule has 2 aromatic rings. The summed E-state index contributed by atoms with van der Waals surface area (Å²) < 4.78 is 12.1. The molecule has 9 heteroatoms. The molecule has 0 spiro atoms. The van der Waals surface area contributed by atoms with Crippen molar-refractivity contribution >= 4 is 11.8 Å². The number of fused-ring (bicyclic) bond motifs is 5. The molecule has 37 heavy (non-hydrogen) atoms. The number of aliphatic hydroxyl groups is 1. The lowest BCUT2D eigenvalue weighted by atomic mass is 9.99. The third kappa shape index (κ3) is 5.93. The molecule has 4 bridgehead atoms. The Kier molecular flexibility index (Phi) is 7.70. The monoisotopic (exact) mass is 504 g/mol. The number of hydrogen-bond acceptors (Lipinski definition) is 7. The van der Waals surface area contributed by atoms with Gasteiger partial charge in [-0.25, -0.2) is 0 Å². The maximum Gasteiger partial charge on any atom is 0.255 e. The third-order valence-corrected chi connectivity index (χ3v) is 7.40. The predicted molar refractivity (Wildman–Crippen MR) is 135 cm³/mol. The first kappa shape index (κ1) is 25.2. The van der Waals surface area contributed by atoms with Gasteiger partial charge in [0.15, 0.2) is 0 Å². The van der Waals surface area contributed by atoms with Crippen LogP contribution in [0.3, 0.4) is 0 Å². The minimum absolute atomic E-state index is 0.0945. The Morgan fingerprint density at radius 2 is 1.89 bits per heavy atom. The van der Waals surface area contributed by atoms with E-state index >= 15 is 0 Å². The van der Waals surface area contributed by atoms with Crippen molar-refractivity contribution in [3.63, 3.8) is 0 Å². The van der Waals surface area contributed by atoms with E-state index in [9.17, 15) is 14.7 Å². The van der Waals surface area contributed by atoms with E-state index in [0.29, 0.717) is 62.3 Å². The number of para-hydroxylation sites is 1. The summed E-state index contributed by atoms with van der Waals surface area (Å²) in [6.07, 6.45) is 1.17. The highest BCUT2D eigenvalue weighted by atomic mass is 16.5. The molecule has 0 aliphatic carbocycles. The quantitative estimate of drug-likeness (QED) is 0.569. The smallest absolute Gasteiger partial charge is 0.255 e. The van der Waals surface area contributed by atoms with Gasteiger partial charge in [0.05, 0.1) is 42.1 Å². The van der Waals surface area contributed by atoms with E-state index in [1.807, 2.05) is 23.1 Å². The number of aliphatic hydroxyl groups excluding tert-OH is 1. The highest BCUT2D eigenvalue weighted by Gasteiger charge is 2.39. The van der Waals surface area contributed by atoms with Crippen molar-refractivity contribution in [1.29, 1.82) is 5.26 Å². The van der Waals surface area contributed by atoms with Gasteiger partial charge in [0.1, 0.15) is 11.9 Å². The van der Waals surface area contributed by atoms with Gasteiger partial charge in [0, 0.05) is 32.1 Å². The van der Waals surface area contributed by atoms with Gasteiger partial charge in [-0.3, -0.25) is 14.5 Å². The van der Waals surface area contributed by atoms with E-state index in [-0.39, 0.29) is 30.5 Å². The number of benzene rings is 2. The number of nitrogens with zero attached hydrogens (tertiary/aromatic N) is 2. The van der Waals surface area contributed by atoms with Crippen molar-refractivity contribution in [1.82, 2.24) is 15.5 Å². The fraction of sp³-hybridized carbons (Fsp3) is 0.464. The van der Waals surface area contributed by atoms with Crippen molar-refractivity contribution in [2.24, 2.45) is 0 Å². The lowest BCUT2D eigenvalue weighted by molar-refractivity contribution is -0.133. The van der Waals surface area contributed by atoms with Crippen LogP contribution in [0, 0.1) is 11.3 Å². The maximum atomic E-state index is 13.3. The summed E-state index contributed by atoms with van der Waals surface area (Å²) in [4.78, 5) is 28.6. The average Bonchev–Trinajstić information content (AvgIpc) is 3.30. The lowest BCUT2D eigenvalue weighted by Crippen LogP contribution is -2.50. The zero-order valence-electron chi connectivity index (χ0n) is 20.6. The Morgan fingerprint density at radius 3 is 2.70 bits per heavy atom. The standard InChI is InChI=1S/C28H32N4O5/c29-14-18-5-7-19(8-6-18)16-32-17-20-13-23(32)28(35)30-15-26-24(33)10-9-21(37-26)11-12-36-25-4-2-1-3-22(25)27(34)31-20/h1-8,20-21,23-24,26,33H,9-13,15-17H2,(H,30,35)(H,31,34)/t20-,21-,23-,24-,26+/m0/s1. The van der Waals surface area contributed by atoms with E-state index in [0.717, 1.165) is 5.56 Å². The van der Waals surface area contributed by atoms with E-state index in [4.69, 9.17) is 14.7 Å². The fourth-order valence-corrected chi connectivity index (χ4v) is 5.38. The summed E-state index contributed by atoms with van der Waals surface area (Å²) in [6.45, 7) is 1.60. The molecule has 0 unspecified atom stereocenters. The predicted octanol–water partition coefficient (Wildman–Crippen LogP) is 1.74. The molecule has 0 saturated carbocycles. The van der Waals surface area contributed by atoms with Crippen LogP contribution in [0.25, 0.3) is 0 Å². The Morgan fingerprint density at radius 1 is 1.08 bits per heavy atom. The second-order valence-electron chi connectivity index (χ2n) is 9.98. The normalized spacial score (nSPS) is 28.8. The molecular weight excluding hydrogens is 472 g/mol. The number of likely N-dealkylation sites (tertiary alicyclic amines) is 1. The van der Waals surface area contributed by atoms with Crippen LogP contribution in [-0.2, 0) is 16.1 Å². The second kappa shape index (κ2) is 11.3. The van der Waals surface area contributed by atoms with Gasteiger partial charge in [-0.15, -0.1) is 0 Å². The maximum absolute atomic E-state index is 13.3. The summed E-state index contributed by atoms with van der Waals surface area (Å²) >= 11 is 0. The molecule has 0 radical (unpaired) electrons. The van der Waals surface area contributed by atoms with Gasteiger partial charge in [0.2, 0.25) is 5.91 Å². The van der Waals surface area contributed by atoms with E-state index in [1.165, 1.54) is 0 Å². The molecule has 3 aliphatic rings. The van der Waals surface area contributed by atoms with Crippen molar-refractivity contribution in [2.45, 2.75) is 62.6 Å². The topological polar surface area (TPSA) is 124 Å². The molecule has 2 fully saturated rings. The van der Waals surface area contributed by atoms with Crippen LogP contribution < -0.4 is 15.4 Å². The summed E-state index contributed by atoms with van der Waals surface area (Å²) in [6, 6.07) is 15.9. The second-order valence-corrected chi connectivity index (χ2v) is 9.98. The van der Waals surface area contributed by atoms with E-state index < -0.39 is 18.2 Å². The number of carbonyl (C=O) groups is 2. The number of ether oxygens (including phenoxy) is 2. The molecule has 0 aromatic heterocycles. The van der Waals surface area contributed by atoms with Crippen LogP contribution in [0.15, 0.2) is 48.5 Å². The van der Waals surface area contributed by atoms with Gasteiger partial charge in [-0.05, 0) is 49.1 Å². The van der Waals surface area contributed by atoms with Gasteiger partial charge < -0.3 is 25.2 Å². The molecule has 3 heterocycles. The summed E-state index contributed by atoms with van der Waals surface area (Å²) in [5.41, 5.74) is 2.01. The average molecular weight is 505 g/mol. The van der Waals surface area contributed by atoms with Crippen LogP contribution in [0.1, 0.15) is 47.2 Å². The lowest BCUT2D eigenvalue weighted by Gasteiger charge is -2.34. The zero-order valence-corrected chi connectivity index (χ0v) is 20.6. The first-order chi connectivity index (χ1) is 18.0. The van der Waals surface area contributed by atoms with Crippen LogP contribution in [-0.4, -0.2) is 71.9 Å². The van der Waals surface area contributed by atoms with Crippen molar-refractivity contribution in [2.75, 3.05) is 19.7 Å². The molecule has 2 amide bonds. The Labute approximate surface area is 216 Å². The Hall–Kier alpha value is -3.45. The summed E-state index contributed by atoms with van der Waals surface area (Å²) in [5.74, 6) is 0.129. The van der Waals surface area contributed by atoms with Crippen molar-refractivity contribution < 1.29 is 24.2 Å². The number of carbonyl (C=O) groups excluding carboxylic acids is 2. The van der Waals surface area contributed by atoms with Crippen molar-refractivity contribution in [3.8, 4) is 11.8 Å². The summed E-state index contributed by atoms with van der Waals surface area (Å²) in [7, 11) is 0. The molecule has 9 nitrogen and oxygen atoms in total. The number of rotatable bonds is 2. The molecule has 5 atom stereocenters. The molecule has 2 aromatic carbocycles. The Bertz CT molecular complexity index is 1160. The van der Waals surface area contributed by atoms with Gasteiger partial charge in [0.25, 0.3) is 5.91 Å². The van der Waals surface area contributed by atoms with Gasteiger partial charge in [-0.1, -0.05) is 24.3 Å². The number of nitrogens with one attached hydrogen (secondary N) is 2.